The van der Waals surface area contributed by atoms with Crippen LogP contribution >= 0.6 is 0 Å². The zero-order valence-electron chi connectivity index (χ0n) is 7.34. The van der Waals surface area contributed by atoms with Crippen molar-refractivity contribution in [1.82, 2.24) is 0 Å². The number of aliphatic carboxylic acids is 1. The van der Waals surface area contributed by atoms with E-state index in [4.69, 9.17) is 5.11 Å². The van der Waals surface area contributed by atoms with E-state index >= 15 is 0 Å². The Labute approximate surface area is 72.9 Å². The zero-order valence-corrected chi connectivity index (χ0v) is 7.34. The van der Waals surface area contributed by atoms with Gasteiger partial charge >= 0.3 is 5.97 Å². The van der Waals surface area contributed by atoms with Gasteiger partial charge in [-0.2, -0.15) is 0 Å². The van der Waals surface area contributed by atoms with Crippen LogP contribution in [0.5, 0.6) is 0 Å². The molecule has 0 aromatic heterocycles. The molecule has 0 aromatic carbocycles. The van der Waals surface area contributed by atoms with E-state index in [0.29, 0.717) is 12.0 Å². The minimum absolute atomic E-state index is 0.381. The van der Waals surface area contributed by atoms with Crippen molar-refractivity contribution in [3.63, 3.8) is 0 Å². The van der Waals surface area contributed by atoms with Gasteiger partial charge in [0, 0.05) is 5.57 Å². The number of carboxylic acid groups (broad SMARTS) is 1. The first-order valence-electron chi connectivity index (χ1n) is 3.78. The smallest absolute Gasteiger partial charge is 0.330 e. The highest BCUT2D eigenvalue weighted by Gasteiger charge is 1.97. The Kier molecular flexibility index (Phi) is 4.77. The van der Waals surface area contributed by atoms with Crippen molar-refractivity contribution in [2.75, 3.05) is 0 Å². The van der Waals surface area contributed by atoms with Crippen LogP contribution in [0.15, 0.2) is 36.5 Å². The standard InChI is InChI=1S/C10H14O2/c1-4-8(2)6-5-7-9(3)10(11)12/h4,7H,1-2,5-6H2,3H3,(H,11,12). The highest BCUT2D eigenvalue weighted by molar-refractivity contribution is 5.85. The number of allylic oxidation sites excluding steroid dienone is 3. The predicted octanol–water partition coefficient (Wildman–Crippen LogP) is 2.54. The summed E-state index contributed by atoms with van der Waals surface area (Å²) in [7, 11) is 0. The fraction of sp³-hybridized carbons (Fsp3) is 0.300. The van der Waals surface area contributed by atoms with E-state index in [2.05, 4.69) is 13.2 Å². The van der Waals surface area contributed by atoms with Crippen molar-refractivity contribution in [3.8, 4) is 0 Å². The summed E-state index contributed by atoms with van der Waals surface area (Å²) in [6.45, 7) is 8.86. The molecule has 1 N–H and O–H groups in total. The molecule has 2 nitrogen and oxygen atoms in total. The third-order valence-corrected chi connectivity index (χ3v) is 1.54. The van der Waals surface area contributed by atoms with E-state index < -0.39 is 5.97 Å². The van der Waals surface area contributed by atoms with Crippen molar-refractivity contribution in [1.29, 1.82) is 0 Å². The number of carboxylic acids is 1. The van der Waals surface area contributed by atoms with Gasteiger partial charge in [0.05, 0.1) is 0 Å². The van der Waals surface area contributed by atoms with Crippen molar-refractivity contribution in [2.45, 2.75) is 19.8 Å². The topological polar surface area (TPSA) is 37.3 Å². The molecule has 66 valence electrons. The van der Waals surface area contributed by atoms with Crippen LogP contribution in [-0.2, 0) is 4.79 Å². The van der Waals surface area contributed by atoms with Gasteiger partial charge in [-0.25, -0.2) is 4.79 Å². The minimum Gasteiger partial charge on any atom is -0.478 e. The molecule has 0 heterocycles. The molecule has 0 aromatic rings. The molecule has 0 spiro atoms. The normalized spacial score (nSPS) is 10.9. The lowest BCUT2D eigenvalue weighted by atomic mass is 10.1. The van der Waals surface area contributed by atoms with E-state index in [0.717, 1.165) is 12.0 Å². The Balaban J connectivity index is 3.82. The zero-order chi connectivity index (χ0) is 9.56. The largest absolute Gasteiger partial charge is 0.478 e. The Bertz CT molecular complexity index is 224. The van der Waals surface area contributed by atoms with Gasteiger partial charge in [-0.05, 0) is 19.8 Å². The molecule has 0 radical (unpaired) electrons. The van der Waals surface area contributed by atoms with Crippen LogP contribution in [0.2, 0.25) is 0 Å². The van der Waals surface area contributed by atoms with Crippen LogP contribution < -0.4 is 0 Å². The molecule has 0 amide bonds. The molecule has 0 aliphatic rings. The molecular weight excluding hydrogens is 152 g/mol. The molecule has 0 unspecified atom stereocenters. The Morgan fingerprint density at radius 1 is 1.58 bits per heavy atom. The van der Waals surface area contributed by atoms with Crippen LogP contribution in [0.1, 0.15) is 19.8 Å². The third-order valence-electron chi connectivity index (χ3n) is 1.54. The summed E-state index contributed by atoms with van der Waals surface area (Å²) in [4.78, 5) is 10.3. The lowest BCUT2D eigenvalue weighted by Gasteiger charge is -1.95. The van der Waals surface area contributed by atoms with E-state index in [-0.39, 0.29) is 0 Å². The molecule has 12 heavy (non-hydrogen) atoms. The molecule has 0 aliphatic carbocycles. The average Bonchev–Trinajstić information content (AvgIpc) is 2.03. The van der Waals surface area contributed by atoms with Gasteiger partial charge in [0.2, 0.25) is 0 Å². The van der Waals surface area contributed by atoms with Crippen molar-refractivity contribution < 1.29 is 9.90 Å². The maximum atomic E-state index is 10.3. The SMILES string of the molecule is C=CC(=C)CCC=C(C)C(=O)O. The number of carbonyl (C=O) groups is 1. The van der Waals surface area contributed by atoms with E-state index in [1.807, 2.05) is 0 Å². The van der Waals surface area contributed by atoms with Crippen LogP contribution in [-0.4, -0.2) is 11.1 Å². The van der Waals surface area contributed by atoms with Gasteiger partial charge < -0.3 is 5.11 Å². The maximum Gasteiger partial charge on any atom is 0.330 e. The van der Waals surface area contributed by atoms with Gasteiger partial charge in [-0.1, -0.05) is 30.9 Å². The summed E-state index contributed by atoms with van der Waals surface area (Å²) in [6, 6.07) is 0. The second-order valence-electron chi connectivity index (χ2n) is 2.59. The highest BCUT2D eigenvalue weighted by Crippen LogP contribution is 2.05. The van der Waals surface area contributed by atoms with Gasteiger partial charge in [-0.3, -0.25) is 0 Å². The molecule has 0 bridgehead atoms. The first-order chi connectivity index (χ1) is 5.57. The monoisotopic (exact) mass is 166 g/mol. The van der Waals surface area contributed by atoms with E-state index in [9.17, 15) is 4.79 Å². The quantitative estimate of drug-likeness (QED) is 0.503. The van der Waals surface area contributed by atoms with Crippen LogP contribution in [0, 0.1) is 0 Å². The first-order valence-corrected chi connectivity index (χ1v) is 3.78. The highest BCUT2D eigenvalue weighted by atomic mass is 16.4. The Hall–Kier alpha value is -1.31. The van der Waals surface area contributed by atoms with Crippen molar-refractivity contribution >= 4 is 5.97 Å². The molecule has 0 rings (SSSR count). The second kappa shape index (κ2) is 5.35. The van der Waals surface area contributed by atoms with Crippen LogP contribution in [0.25, 0.3) is 0 Å². The third kappa shape index (κ3) is 4.50. The summed E-state index contributed by atoms with van der Waals surface area (Å²) in [5, 5.41) is 8.49. The average molecular weight is 166 g/mol. The molecule has 0 fully saturated rings. The van der Waals surface area contributed by atoms with Crippen LogP contribution in [0.3, 0.4) is 0 Å². The Morgan fingerprint density at radius 3 is 2.58 bits per heavy atom. The first kappa shape index (κ1) is 10.7. The maximum absolute atomic E-state index is 10.3. The summed E-state index contributed by atoms with van der Waals surface area (Å²) in [5.41, 5.74) is 1.32. The predicted molar refractivity (Wildman–Crippen MR) is 50.0 cm³/mol. The van der Waals surface area contributed by atoms with Crippen molar-refractivity contribution in [3.05, 3.63) is 36.5 Å². The molecule has 0 saturated heterocycles. The summed E-state index contributed by atoms with van der Waals surface area (Å²) in [5.74, 6) is -0.862. The van der Waals surface area contributed by atoms with Gasteiger partial charge in [0.25, 0.3) is 0 Å². The number of hydrogen-bond acceptors (Lipinski definition) is 1. The van der Waals surface area contributed by atoms with Crippen molar-refractivity contribution in [2.24, 2.45) is 0 Å². The molecule has 0 atom stereocenters. The second-order valence-corrected chi connectivity index (χ2v) is 2.59. The molecular formula is C10H14O2. The Morgan fingerprint density at radius 2 is 2.17 bits per heavy atom. The fourth-order valence-corrected chi connectivity index (χ4v) is 0.663. The van der Waals surface area contributed by atoms with E-state index in [1.54, 1.807) is 19.1 Å². The number of rotatable bonds is 5. The van der Waals surface area contributed by atoms with Gasteiger partial charge in [0.15, 0.2) is 0 Å². The molecule has 0 saturated carbocycles. The van der Waals surface area contributed by atoms with Gasteiger partial charge in [0.1, 0.15) is 0 Å². The van der Waals surface area contributed by atoms with Gasteiger partial charge in [-0.15, -0.1) is 0 Å². The molecule has 2 heteroatoms. The summed E-state index contributed by atoms with van der Waals surface area (Å²) < 4.78 is 0. The minimum atomic E-state index is -0.862. The van der Waals surface area contributed by atoms with Crippen LogP contribution in [0.4, 0.5) is 0 Å². The van der Waals surface area contributed by atoms with E-state index in [1.165, 1.54) is 0 Å². The molecule has 0 aliphatic heterocycles. The lowest BCUT2D eigenvalue weighted by Crippen LogP contribution is -1.95. The lowest BCUT2D eigenvalue weighted by molar-refractivity contribution is -0.132. The summed E-state index contributed by atoms with van der Waals surface area (Å²) >= 11 is 0. The summed E-state index contributed by atoms with van der Waals surface area (Å²) in [6.07, 6.45) is 4.86. The number of hydrogen-bond donors (Lipinski definition) is 1. The fourth-order valence-electron chi connectivity index (χ4n) is 0.663.